The van der Waals surface area contributed by atoms with E-state index in [4.69, 9.17) is 0 Å². The summed E-state index contributed by atoms with van der Waals surface area (Å²) in [5, 5.41) is 7.13. The molecule has 1 heterocycles. The maximum atomic E-state index is 11.9. The van der Waals surface area contributed by atoms with Crippen LogP contribution in [0, 0.1) is 3.70 Å². The Labute approximate surface area is 103 Å². The van der Waals surface area contributed by atoms with E-state index in [2.05, 4.69) is 39.9 Å². The van der Waals surface area contributed by atoms with Gasteiger partial charge in [-0.2, -0.15) is 5.10 Å². The summed E-state index contributed by atoms with van der Waals surface area (Å²) >= 11 is 2.14. The molecule has 1 N–H and O–H groups in total. The quantitative estimate of drug-likeness (QED) is 0.844. The molecule has 15 heavy (non-hydrogen) atoms. The minimum absolute atomic E-state index is 0.00491. The van der Waals surface area contributed by atoms with E-state index in [9.17, 15) is 4.79 Å². The Kier molecular flexibility index (Phi) is 2.74. The lowest BCUT2D eigenvalue weighted by Crippen LogP contribution is -2.51. The number of aromatic nitrogens is 2. The Hall–Kier alpha value is -0.590. The van der Waals surface area contributed by atoms with Gasteiger partial charge in [-0.05, 0) is 48.8 Å². The number of halogens is 1. The molecule has 0 unspecified atom stereocenters. The molecule has 0 aromatic carbocycles. The SMILES string of the molecule is Cn1ncc(C(=O)NC2(C)CCC2)c1I. The Balaban J connectivity index is 2.11. The first-order chi connectivity index (χ1) is 7.02. The average molecular weight is 319 g/mol. The number of hydrogen-bond acceptors (Lipinski definition) is 2. The largest absolute Gasteiger partial charge is 0.347 e. The van der Waals surface area contributed by atoms with Crippen molar-refractivity contribution in [3.63, 3.8) is 0 Å². The van der Waals surface area contributed by atoms with E-state index < -0.39 is 0 Å². The van der Waals surface area contributed by atoms with Crippen molar-refractivity contribution in [1.82, 2.24) is 15.1 Å². The number of aryl methyl sites for hydroxylation is 1. The molecule has 0 saturated heterocycles. The zero-order chi connectivity index (χ0) is 11.1. The highest BCUT2D eigenvalue weighted by atomic mass is 127. The Morgan fingerprint density at radius 1 is 1.67 bits per heavy atom. The fourth-order valence-electron chi connectivity index (χ4n) is 1.75. The van der Waals surface area contributed by atoms with Gasteiger partial charge in [0.05, 0.1) is 11.8 Å². The molecule has 4 nitrogen and oxygen atoms in total. The molecule has 1 aromatic rings. The molecule has 2 rings (SSSR count). The van der Waals surface area contributed by atoms with E-state index in [1.807, 2.05) is 7.05 Å². The third-order valence-electron chi connectivity index (χ3n) is 2.98. The van der Waals surface area contributed by atoms with E-state index in [1.54, 1.807) is 10.9 Å². The molecule has 0 radical (unpaired) electrons. The van der Waals surface area contributed by atoms with E-state index in [-0.39, 0.29) is 11.4 Å². The lowest BCUT2D eigenvalue weighted by Gasteiger charge is -2.39. The molecule has 1 aromatic heterocycles. The lowest BCUT2D eigenvalue weighted by atomic mass is 9.78. The van der Waals surface area contributed by atoms with Crippen molar-refractivity contribution in [2.75, 3.05) is 0 Å². The van der Waals surface area contributed by atoms with Crippen LogP contribution in [-0.2, 0) is 7.05 Å². The second-order valence-electron chi connectivity index (χ2n) is 4.34. The Morgan fingerprint density at radius 2 is 2.33 bits per heavy atom. The van der Waals surface area contributed by atoms with Gasteiger partial charge in [0.15, 0.2) is 0 Å². The number of carbonyl (C=O) groups is 1. The van der Waals surface area contributed by atoms with Crippen LogP contribution in [0.25, 0.3) is 0 Å². The minimum atomic E-state index is -0.00491. The van der Waals surface area contributed by atoms with Gasteiger partial charge in [-0.3, -0.25) is 9.48 Å². The number of carbonyl (C=O) groups excluding carboxylic acids is 1. The zero-order valence-electron chi connectivity index (χ0n) is 8.88. The number of hydrogen-bond donors (Lipinski definition) is 1. The maximum Gasteiger partial charge on any atom is 0.256 e. The van der Waals surface area contributed by atoms with Crippen LogP contribution in [0.4, 0.5) is 0 Å². The predicted molar refractivity (Wildman–Crippen MR) is 65.6 cm³/mol. The van der Waals surface area contributed by atoms with Gasteiger partial charge in [0, 0.05) is 12.6 Å². The molecular formula is C10H14IN3O. The van der Waals surface area contributed by atoms with Crippen LogP contribution in [0.5, 0.6) is 0 Å². The number of rotatable bonds is 2. The average Bonchev–Trinajstić information content (AvgIpc) is 2.45. The fraction of sp³-hybridized carbons (Fsp3) is 0.600. The highest BCUT2D eigenvalue weighted by molar-refractivity contribution is 14.1. The van der Waals surface area contributed by atoms with Crippen LogP contribution in [-0.4, -0.2) is 21.2 Å². The molecule has 1 fully saturated rings. The van der Waals surface area contributed by atoms with Gasteiger partial charge in [-0.25, -0.2) is 0 Å². The molecule has 0 atom stereocenters. The second-order valence-corrected chi connectivity index (χ2v) is 5.36. The summed E-state index contributed by atoms with van der Waals surface area (Å²) in [5.74, 6) is -0.00491. The highest BCUT2D eigenvalue weighted by Gasteiger charge is 2.34. The fourth-order valence-corrected chi connectivity index (χ4v) is 2.26. The molecule has 1 aliphatic carbocycles. The van der Waals surface area contributed by atoms with Gasteiger partial charge in [0.25, 0.3) is 5.91 Å². The van der Waals surface area contributed by atoms with E-state index in [0.29, 0.717) is 5.56 Å². The monoisotopic (exact) mass is 319 g/mol. The van der Waals surface area contributed by atoms with Crippen LogP contribution in [0.2, 0.25) is 0 Å². The van der Waals surface area contributed by atoms with Crippen LogP contribution >= 0.6 is 22.6 Å². The first kappa shape index (κ1) is 10.9. The van der Waals surface area contributed by atoms with Gasteiger partial charge in [-0.15, -0.1) is 0 Å². The predicted octanol–water partition coefficient (Wildman–Crippen LogP) is 1.70. The van der Waals surface area contributed by atoms with Crippen molar-refractivity contribution < 1.29 is 4.79 Å². The highest BCUT2D eigenvalue weighted by Crippen LogP contribution is 2.31. The number of nitrogens with zero attached hydrogens (tertiary/aromatic N) is 2. The number of amides is 1. The van der Waals surface area contributed by atoms with Gasteiger partial charge < -0.3 is 5.32 Å². The molecule has 82 valence electrons. The zero-order valence-corrected chi connectivity index (χ0v) is 11.0. The molecule has 1 aliphatic rings. The molecular weight excluding hydrogens is 305 g/mol. The van der Waals surface area contributed by atoms with Crippen molar-refractivity contribution in [2.45, 2.75) is 31.7 Å². The summed E-state index contributed by atoms with van der Waals surface area (Å²) in [7, 11) is 1.84. The van der Waals surface area contributed by atoms with E-state index >= 15 is 0 Å². The summed E-state index contributed by atoms with van der Waals surface area (Å²) in [6.45, 7) is 2.09. The summed E-state index contributed by atoms with van der Waals surface area (Å²) in [5.41, 5.74) is 0.682. The molecule has 1 saturated carbocycles. The minimum Gasteiger partial charge on any atom is -0.347 e. The Morgan fingerprint density at radius 3 is 2.73 bits per heavy atom. The van der Waals surface area contributed by atoms with Crippen molar-refractivity contribution in [3.05, 3.63) is 15.5 Å². The van der Waals surface area contributed by atoms with Gasteiger partial charge in [0.1, 0.15) is 3.70 Å². The summed E-state index contributed by atoms with van der Waals surface area (Å²) in [4.78, 5) is 11.9. The van der Waals surface area contributed by atoms with Gasteiger partial charge in [0.2, 0.25) is 0 Å². The van der Waals surface area contributed by atoms with Crippen LogP contribution < -0.4 is 5.32 Å². The lowest BCUT2D eigenvalue weighted by molar-refractivity contribution is 0.0849. The molecule has 0 spiro atoms. The molecule has 0 bridgehead atoms. The third kappa shape index (κ3) is 2.02. The number of nitrogens with one attached hydrogen (secondary N) is 1. The van der Waals surface area contributed by atoms with E-state index in [0.717, 1.165) is 16.5 Å². The van der Waals surface area contributed by atoms with Crippen LogP contribution in [0.1, 0.15) is 36.5 Å². The van der Waals surface area contributed by atoms with Gasteiger partial charge in [-0.1, -0.05) is 0 Å². The Bertz CT molecular complexity index is 395. The smallest absolute Gasteiger partial charge is 0.256 e. The van der Waals surface area contributed by atoms with Gasteiger partial charge >= 0.3 is 0 Å². The normalized spacial score (nSPS) is 18.3. The second kappa shape index (κ2) is 3.77. The maximum absolute atomic E-state index is 11.9. The molecule has 5 heteroatoms. The van der Waals surface area contributed by atoms with Crippen molar-refractivity contribution >= 4 is 28.5 Å². The van der Waals surface area contributed by atoms with Crippen LogP contribution in [0.15, 0.2) is 6.20 Å². The standard InChI is InChI=1S/C10H14IN3O/c1-10(4-3-5-10)13-9(15)7-6-12-14(2)8(7)11/h6H,3-5H2,1-2H3,(H,13,15). The van der Waals surface area contributed by atoms with Crippen molar-refractivity contribution in [3.8, 4) is 0 Å². The summed E-state index contributed by atoms with van der Waals surface area (Å²) in [6, 6.07) is 0. The van der Waals surface area contributed by atoms with Crippen molar-refractivity contribution in [2.24, 2.45) is 7.05 Å². The van der Waals surface area contributed by atoms with Crippen LogP contribution in [0.3, 0.4) is 0 Å². The first-order valence-corrected chi connectivity index (χ1v) is 6.10. The molecule has 1 amide bonds. The summed E-state index contributed by atoms with van der Waals surface area (Å²) in [6.07, 6.45) is 4.99. The topological polar surface area (TPSA) is 46.9 Å². The first-order valence-electron chi connectivity index (χ1n) is 5.02. The molecule has 0 aliphatic heterocycles. The summed E-state index contributed by atoms with van der Waals surface area (Å²) < 4.78 is 2.59. The third-order valence-corrected chi connectivity index (χ3v) is 4.26. The van der Waals surface area contributed by atoms with Crippen molar-refractivity contribution in [1.29, 1.82) is 0 Å². The van der Waals surface area contributed by atoms with E-state index in [1.165, 1.54) is 6.42 Å².